The van der Waals surface area contributed by atoms with Crippen LogP contribution in [0.5, 0.6) is 17.2 Å². The molecular formula is C59H63FN12O7. The Bertz CT molecular complexity index is 3280. The molecule has 5 aliphatic heterocycles. The van der Waals surface area contributed by atoms with Gasteiger partial charge in [0.05, 0.1) is 35.1 Å². The molecule has 4 saturated heterocycles. The second-order valence-electron chi connectivity index (χ2n) is 21.5. The number of carbonyl (C=O) groups is 5. The molecule has 5 fully saturated rings. The summed E-state index contributed by atoms with van der Waals surface area (Å²) in [6.45, 7) is 11.0. The van der Waals surface area contributed by atoms with E-state index in [2.05, 4.69) is 57.7 Å². The molecule has 1 unspecified atom stereocenters. The van der Waals surface area contributed by atoms with Crippen molar-refractivity contribution in [3.63, 3.8) is 0 Å². The van der Waals surface area contributed by atoms with E-state index in [9.17, 15) is 28.4 Å². The number of imide groups is 1. The fraction of sp³-hybridized carbons (Fsp3) is 0.390. The summed E-state index contributed by atoms with van der Waals surface area (Å²) in [6, 6.07) is 27.2. The van der Waals surface area contributed by atoms with Gasteiger partial charge in [0.25, 0.3) is 11.8 Å². The highest BCUT2D eigenvalue weighted by Gasteiger charge is 2.56. The lowest BCUT2D eigenvalue weighted by Gasteiger charge is -2.39. The van der Waals surface area contributed by atoms with Crippen molar-refractivity contribution in [2.75, 3.05) is 111 Å². The number of methoxy groups -OCH3 is 1. The molecule has 1 saturated carbocycles. The Morgan fingerprint density at radius 3 is 2.05 bits per heavy atom. The highest BCUT2D eigenvalue weighted by Crippen LogP contribution is 2.48. The Labute approximate surface area is 457 Å². The predicted octanol–water partition coefficient (Wildman–Crippen LogP) is 6.56. The van der Waals surface area contributed by atoms with Gasteiger partial charge in [0.15, 0.2) is 5.82 Å². The number of rotatable bonds is 15. The van der Waals surface area contributed by atoms with Crippen LogP contribution in [0.2, 0.25) is 0 Å². The molecule has 1 aliphatic carbocycles. The topological polar surface area (TPSA) is 198 Å². The van der Waals surface area contributed by atoms with Gasteiger partial charge in [-0.05, 0) is 142 Å². The van der Waals surface area contributed by atoms with Gasteiger partial charge in [0.1, 0.15) is 34.5 Å². The van der Waals surface area contributed by atoms with Crippen LogP contribution in [-0.2, 0) is 20.9 Å². The summed E-state index contributed by atoms with van der Waals surface area (Å²) in [5.41, 5.74) is 4.15. The molecule has 0 spiro atoms. The second kappa shape index (κ2) is 21.9. The van der Waals surface area contributed by atoms with Crippen molar-refractivity contribution in [1.29, 1.82) is 0 Å². The summed E-state index contributed by atoms with van der Waals surface area (Å²) in [5.74, 6) is 1.15. The van der Waals surface area contributed by atoms with Gasteiger partial charge in [0.2, 0.25) is 17.7 Å². The standard InChI is InChI=1S/C59H63FN12O7/c1-78-52-34-47-48(61-22-16-51(47)79-44-12-8-41(9-13-44)64-58(77)59(19-20-59)57(76)63-40-6-4-39(60)5-7-40)35-50(52)70-31-27-68(28-32-70)37-42-10-15-53(66-65-42)71-23-17-38(18-24-71)36-67-25-29-69(30-26-67)43-11-14-45-46(33-43)56(75)72(55(45)74)49-3-2-21-62-54(49)73/h4-16,22,33-35,38,49H,2-3,17-21,23-32,36-37H2,1H3,(H,62,73)(H,63,76)(H,64,77). The largest absolute Gasteiger partial charge is 0.495 e. The molecule has 408 valence electrons. The van der Waals surface area contributed by atoms with Crippen molar-refractivity contribution < 1.29 is 37.8 Å². The van der Waals surface area contributed by atoms with Gasteiger partial charge >= 0.3 is 0 Å². The average molecular weight is 1070 g/mol. The Hall–Kier alpha value is -8.23. The lowest BCUT2D eigenvalue weighted by molar-refractivity contribution is -0.131. The number of nitrogens with zero attached hydrogens (tertiary/aromatic N) is 9. The molecule has 20 heteroatoms. The van der Waals surface area contributed by atoms with Crippen molar-refractivity contribution in [2.24, 2.45) is 11.3 Å². The first-order valence-electron chi connectivity index (χ1n) is 27.4. The smallest absolute Gasteiger partial charge is 0.262 e. The summed E-state index contributed by atoms with van der Waals surface area (Å²) in [4.78, 5) is 83.2. The van der Waals surface area contributed by atoms with Crippen molar-refractivity contribution in [2.45, 2.75) is 51.1 Å². The summed E-state index contributed by atoms with van der Waals surface area (Å²) in [5, 5.41) is 18.6. The van der Waals surface area contributed by atoms with Gasteiger partial charge < -0.3 is 40.1 Å². The van der Waals surface area contributed by atoms with E-state index < -0.39 is 29.1 Å². The summed E-state index contributed by atoms with van der Waals surface area (Å²) >= 11 is 0. The molecule has 5 amide bonds. The van der Waals surface area contributed by atoms with Crippen molar-refractivity contribution in [3.8, 4) is 17.2 Å². The third-order valence-electron chi connectivity index (χ3n) is 16.5. The highest BCUT2D eigenvalue weighted by atomic mass is 19.1. The Kier molecular flexibility index (Phi) is 14.3. The minimum absolute atomic E-state index is 0.259. The fourth-order valence-electron chi connectivity index (χ4n) is 11.7. The van der Waals surface area contributed by atoms with Crippen molar-refractivity contribution >= 4 is 69.0 Å². The molecule has 0 radical (unpaired) electrons. The van der Waals surface area contributed by atoms with Gasteiger partial charge in [-0.1, -0.05) is 0 Å². The molecule has 6 aliphatic rings. The fourth-order valence-corrected chi connectivity index (χ4v) is 11.7. The second-order valence-corrected chi connectivity index (χ2v) is 21.5. The quantitative estimate of drug-likeness (QED) is 0.0738. The number of aromatic nitrogens is 3. The van der Waals surface area contributed by atoms with Crippen LogP contribution in [0.1, 0.15) is 64.9 Å². The van der Waals surface area contributed by atoms with Crippen LogP contribution in [0.4, 0.5) is 33.0 Å². The maximum absolute atomic E-state index is 13.4. The van der Waals surface area contributed by atoms with Crippen LogP contribution in [0.3, 0.4) is 0 Å². The number of hydrogen-bond donors (Lipinski definition) is 3. The molecular weight excluding hydrogens is 1010 g/mol. The first-order chi connectivity index (χ1) is 38.5. The number of anilines is 5. The zero-order valence-electron chi connectivity index (χ0n) is 44.2. The number of amides is 5. The first-order valence-corrected chi connectivity index (χ1v) is 27.4. The average Bonchev–Trinajstić information content (AvgIpc) is 4.48. The lowest BCUT2D eigenvalue weighted by Crippen LogP contribution is -2.52. The van der Waals surface area contributed by atoms with Gasteiger partial charge in [-0.25, -0.2) is 4.39 Å². The van der Waals surface area contributed by atoms with Gasteiger partial charge in [-0.2, -0.15) is 5.10 Å². The minimum atomic E-state index is -1.17. The Balaban J connectivity index is 0.583. The number of halogens is 1. The normalized spacial score (nSPS) is 19.8. The van der Waals surface area contributed by atoms with Crippen LogP contribution in [0.25, 0.3) is 10.9 Å². The SMILES string of the molecule is COc1cc2c(Oc3ccc(NC(=O)C4(C(=O)Nc5ccc(F)cc5)CC4)cc3)ccnc2cc1N1CCN(Cc2ccc(N3CCC(CN4CCN(c5ccc6c(c5)C(=O)N(C5CCCNC5=O)C6=O)CC4)CC3)nn2)CC1. The van der Waals surface area contributed by atoms with E-state index in [0.717, 1.165) is 130 Å². The molecule has 7 heterocycles. The van der Waals surface area contributed by atoms with Crippen molar-refractivity contribution in [1.82, 2.24) is 35.2 Å². The number of ether oxygens (including phenoxy) is 2. The van der Waals surface area contributed by atoms with Crippen LogP contribution < -0.4 is 40.1 Å². The van der Waals surface area contributed by atoms with E-state index in [1.54, 1.807) is 43.6 Å². The summed E-state index contributed by atoms with van der Waals surface area (Å²) in [7, 11) is 1.67. The maximum atomic E-state index is 13.4. The molecule has 12 rings (SSSR count). The number of benzene rings is 4. The highest BCUT2D eigenvalue weighted by molar-refractivity contribution is 6.23. The molecule has 2 aromatic heterocycles. The monoisotopic (exact) mass is 1070 g/mol. The number of piperazine rings is 2. The van der Waals surface area contributed by atoms with Crippen molar-refractivity contribution in [3.05, 3.63) is 126 Å². The zero-order chi connectivity index (χ0) is 54.2. The number of piperidine rings is 2. The lowest BCUT2D eigenvalue weighted by atomic mass is 9.96. The van der Waals surface area contributed by atoms with E-state index in [-0.39, 0.29) is 17.7 Å². The van der Waals surface area contributed by atoms with Crippen LogP contribution >= 0.6 is 0 Å². The van der Waals surface area contributed by atoms with Gasteiger partial charge in [-0.15, -0.1) is 5.10 Å². The van der Waals surface area contributed by atoms with Crippen LogP contribution in [0.15, 0.2) is 103 Å². The summed E-state index contributed by atoms with van der Waals surface area (Å²) in [6.07, 6.45) is 5.97. The predicted molar refractivity (Wildman–Crippen MR) is 296 cm³/mol. The van der Waals surface area contributed by atoms with Gasteiger partial charge in [0, 0.05) is 114 Å². The number of nitrogens with one attached hydrogen (secondary N) is 3. The molecule has 79 heavy (non-hydrogen) atoms. The molecule has 0 bridgehead atoms. The first kappa shape index (κ1) is 51.5. The molecule has 4 aromatic carbocycles. The van der Waals surface area contributed by atoms with E-state index in [4.69, 9.17) is 19.6 Å². The number of pyridine rings is 1. The number of fused-ring (bicyclic) bond motifs is 2. The third-order valence-corrected chi connectivity index (χ3v) is 16.5. The molecule has 3 N–H and O–H groups in total. The maximum Gasteiger partial charge on any atom is 0.262 e. The Morgan fingerprint density at radius 2 is 1.38 bits per heavy atom. The molecule has 1 atom stereocenters. The van der Waals surface area contributed by atoms with E-state index >= 15 is 0 Å². The third kappa shape index (κ3) is 10.7. The molecule has 6 aromatic rings. The number of carbonyl (C=O) groups excluding carboxylic acids is 5. The van der Waals surface area contributed by atoms with E-state index in [1.165, 1.54) is 24.3 Å². The van der Waals surface area contributed by atoms with E-state index in [0.29, 0.717) is 78.0 Å². The van der Waals surface area contributed by atoms with Crippen LogP contribution in [0, 0.1) is 17.2 Å². The van der Waals surface area contributed by atoms with Crippen LogP contribution in [-0.4, -0.2) is 151 Å². The Morgan fingerprint density at radius 1 is 0.696 bits per heavy atom. The van der Waals surface area contributed by atoms with Gasteiger partial charge in [-0.3, -0.25) is 43.7 Å². The number of hydrogen-bond acceptors (Lipinski definition) is 15. The molecule has 19 nitrogen and oxygen atoms in total. The summed E-state index contributed by atoms with van der Waals surface area (Å²) < 4.78 is 25.7. The minimum Gasteiger partial charge on any atom is -0.495 e. The van der Waals surface area contributed by atoms with E-state index in [1.807, 2.05) is 30.3 Å². The zero-order valence-corrected chi connectivity index (χ0v) is 44.2.